The van der Waals surface area contributed by atoms with Crippen LogP contribution in [0.4, 0.5) is 0 Å². The van der Waals surface area contributed by atoms with Crippen molar-refractivity contribution in [3.8, 4) is 16.9 Å². The molecule has 8 heteroatoms. The maximum Gasteiger partial charge on any atom is 0.341 e. The van der Waals surface area contributed by atoms with E-state index in [0.717, 1.165) is 22.5 Å². The molecule has 2 aliphatic heterocycles. The predicted molar refractivity (Wildman–Crippen MR) is 95.9 cm³/mol. The standard InChI is InChI=1S/C18H17N5O3/c1-9(2)16-19-13-5-4-10(6-14(13)20-16)23-7-11-15(21-22-17(11)24)12(8-23)18(25)26-3/h4-9H,1-3H3,(H,19,20)(H,22,24). The maximum absolute atomic E-state index is 12.1. The average Bonchev–Trinajstić information content (AvgIpc) is 3.23. The fourth-order valence-electron chi connectivity index (χ4n) is 2.90. The van der Waals surface area contributed by atoms with Crippen molar-refractivity contribution >= 4 is 17.0 Å². The van der Waals surface area contributed by atoms with E-state index in [2.05, 4.69) is 34.0 Å². The average molecular weight is 351 g/mol. The number of carbonyl (C=O) groups excluding carboxylic acids is 1. The van der Waals surface area contributed by atoms with Crippen LogP contribution in [0.25, 0.3) is 28.0 Å². The molecule has 0 bridgehead atoms. The van der Waals surface area contributed by atoms with Gasteiger partial charge >= 0.3 is 5.97 Å². The SMILES string of the molecule is COC(=O)c1cn(-c2ccc3nc(C(C)C)[nH]c3c2)cc2c(=O)[nH]nc1-2. The van der Waals surface area contributed by atoms with Gasteiger partial charge in [0.2, 0.25) is 0 Å². The van der Waals surface area contributed by atoms with Crippen molar-refractivity contribution in [2.45, 2.75) is 19.8 Å². The van der Waals surface area contributed by atoms with Gasteiger partial charge in [-0.25, -0.2) is 14.9 Å². The van der Waals surface area contributed by atoms with E-state index in [0.29, 0.717) is 11.3 Å². The number of aromatic amines is 2. The molecule has 0 spiro atoms. The number of methoxy groups -OCH3 is 1. The van der Waals surface area contributed by atoms with E-state index in [9.17, 15) is 9.59 Å². The summed E-state index contributed by atoms with van der Waals surface area (Å²) in [6.07, 6.45) is 3.25. The summed E-state index contributed by atoms with van der Waals surface area (Å²) >= 11 is 0. The normalized spacial score (nSPS) is 11.5. The molecule has 2 N–H and O–H groups in total. The number of esters is 1. The fraction of sp³-hybridized carbons (Fsp3) is 0.222. The molecule has 0 aliphatic carbocycles. The van der Waals surface area contributed by atoms with Gasteiger partial charge in [0.25, 0.3) is 5.56 Å². The van der Waals surface area contributed by atoms with E-state index in [4.69, 9.17) is 4.74 Å². The lowest BCUT2D eigenvalue weighted by atomic mass is 10.1. The van der Waals surface area contributed by atoms with Gasteiger partial charge < -0.3 is 14.3 Å². The van der Waals surface area contributed by atoms with Crippen LogP contribution < -0.4 is 5.56 Å². The maximum atomic E-state index is 12.1. The Kier molecular flexibility index (Phi) is 3.61. The number of hydrogen-bond acceptors (Lipinski definition) is 5. The summed E-state index contributed by atoms with van der Waals surface area (Å²) in [6.45, 7) is 4.14. The second-order valence-corrected chi connectivity index (χ2v) is 6.36. The van der Waals surface area contributed by atoms with Gasteiger partial charge in [-0.05, 0) is 18.2 Å². The van der Waals surface area contributed by atoms with Gasteiger partial charge in [0.15, 0.2) is 0 Å². The topological polar surface area (TPSA) is 106 Å². The zero-order valence-corrected chi connectivity index (χ0v) is 14.5. The summed E-state index contributed by atoms with van der Waals surface area (Å²) in [6, 6.07) is 5.70. The summed E-state index contributed by atoms with van der Waals surface area (Å²) in [5.74, 6) is 0.639. The molecule has 3 heterocycles. The minimum Gasteiger partial charge on any atom is -0.465 e. The Morgan fingerprint density at radius 1 is 1.27 bits per heavy atom. The molecule has 0 unspecified atom stereocenters. The van der Waals surface area contributed by atoms with Crippen LogP contribution in [0, 0.1) is 0 Å². The first-order valence-electron chi connectivity index (χ1n) is 8.16. The first-order chi connectivity index (χ1) is 12.5. The highest BCUT2D eigenvalue weighted by atomic mass is 16.5. The Labute approximate surface area is 148 Å². The third-order valence-corrected chi connectivity index (χ3v) is 4.29. The quantitative estimate of drug-likeness (QED) is 0.552. The monoisotopic (exact) mass is 351 g/mol. The van der Waals surface area contributed by atoms with Crippen LogP contribution in [-0.2, 0) is 4.74 Å². The van der Waals surface area contributed by atoms with Gasteiger partial charge in [0, 0.05) is 24.0 Å². The highest BCUT2D eigenvalue weighted by Crippen LogP contribution is 2.25. The number of carbonyl (C=O) groups is 1. The highest BCUT2D eigenvalue weighted by Gasteiger charge is 2.22. The van der Waals surface area contributed by atoms with Crippen LogP contribution >= 0.6 is 0 Å². The van der Waals surface area contributed by atoms with Crippen LogP contribution in [0.1, 0.15) is 35.9 Å². The lowest BCUT2D eigenvalue weighted by Gasteiger charge is -2.11. The van der Waals surface area contributed by atoms with Crippen molar-refractivity contribution in [3.63, 3.8) is 0 Å². The van der Waals surface area contributed by atoms with Crippen molar-refractivity contribution in [2.75, 3.05) is 7.11 Å². The molecule has 1 aromatic carbocycles. The number of H-pyrrole nitrogens is 2. The Hall–Kier alpha value is -3.42. The molecule has 132 valence electrons. The smallest absolute Gasteiger partial charge is 0.341 e. The molecule has 4 rings (SSSR count). The van der Waals surface area contributed by atoms with Crippen LogP contribution in [0.3, 0.4) is 0 Å². The van der Waals surface area contributed by atoms with Crippen LogP contribution in [-0.4, -0.2) is 37.8 Å². The number of imidazole rings is 1. The van der Waals surface area contributed by atoms with E-state index in [1.165, 1.54) is 7.11 Å². The molecular formula is C18H17N5O3. The van der Waals surface area contributed by atoms with Gasteiger partial charge in [-0.15, -0.1) is 0 Å². The van der Waals surface area contributed by atoms with Crippen molar-refractivity contribution in [1.29, 1.82) is 0 Å². The second kappa shape index (κ2) is 5.83. The van der Waals surface area contributed by atoms with E-state index in [1.807, 2.05) is 18.2 Å². The third-order valence-electron chi connectivity index (χ3n) is 4.29. The van der Waals surface area contributed by atoms with Crippen molar-refractivity contribution in [3.05, 3.63) is 52.3 Å². The molecule has 0 fully saturated rings. The first-order valence-corrected chi connectivity index (χ1v) is 8.16. The van der Waals surface area contributed by atoms with E-state index in [1.54, 1.807) is 17.0 Å². The molecule has 0 amide bonds. The number of nitrogens with one attached hydrogen (secondary N) is 2. The minimum atomic E-state index is -0.555. The Morgan fingerprint density at radius 3 is 2.81 bits per heavy atom. The molecule has 2 aromatic rings. The molecule has 0 saturated heterocycles. The Bertz CT molecular complexity index is 1150. The summed E-state index contributed by atoms with van der Waals surface area (Å²) in [5, 5.41) is 6.30. The minimum absolute atomic E-state index is 0.218. The molecule has 8 nitrogen and oxygen atoms in total. The Morgan fingerprint density at radius 2 is 2.08 bits per heavy atom. The predicted octanol–water partition coefficient (Wildman–Crippen LogP) is 2.45. The summed E-state index contributed by atoms with van der Waals surface area (Å²) < 4.78 is 6.53. The van der Waals surface area contributed by atoms with Crippen molar-refractivity contribution in [2.24, 2.45) is 0 Å². The van der Waals surface area contributed by atoms with Gasteiger partial charge in [-0.3, -0.25) is 4.79 Å². The second-order valence-electron chi connectivity index (χ2n) is 6.36. The molecule has 2 aliphatic rings. The molecule has 1 aromatic heterocycles. The molecule has 0 saturated carbocycles. The van der Waals surface area contributed by atoms with E-state index >= 15 is 0 Å². The lowest BCUT2D eigenvalue weighted by Crippen LogP contribution is -2.11. The third kappa shape index (κ3) is 2.46. The number of rotatable bonds is 3. The summed E-state index contributed by atoms with van der Waals surface area (Å²) in [7, 11) is 1.29. The first kappa shape index (κ1) is 16.1. The number of hydrogen-bond donors (Lipinski definition) is 2. The van der Waals surface area contributed by atoms with Gasteiger partial charge in [0.1, 0.15) is 17.1 Å². The van der Waals surface area contributed by atoms with E-state index < -0.39 is 5.97 Å². The summed E-state index contributed by atoms with van der Waals surface area (Å²) in [5.41, 5.74) is 3.00. The largest absolute Gasteiger partial charge is 0.465 e. The highest BCUT2D eigenvalue weighted by molar-refractivity contribution is 5.96. The number of nitrogens with zero attached hydrogens (tertiary/aromatic N) is 3. The number of ether oxygens (including phenoxy) is 1. The van der Waals surface area contributed by atoms with Gasteiger partial charge in [0.05, 0.1) is 23.7 Å². The molecule has 26 heavy (non-hydrogen) atoms. The molecule has 0 atom stereocenters. The van der Waals surface area contributed by atoms with Crippen molar-refractivity contribution < 1.29 is 9.53 Å². The van der Waals surface area contributed by atoms with Crippen LogP contribution in [0.5, 0.6) is 0 Å². The van der Waals surface area contributed by atoms with E-state index in [-0.39, 0.29) is 17.0 Å². The zero-order valence-electron chi connectivity index (χ0n) is 14.5. The Balaban J connectivity index is 1.92. The zero-order chi connectivity index (χ0) is 18.4. The van der Waals surface area contributed by atoms with Crippen LogP contribution in [0.2, 0.25) is 0 Å². The summed E-state index contributed by atoms with van der Waals surface area (Å²) in [4.78, 5) is 32.0. The number of pyridine rings is 1. The number of benzene rings is 1. The fourth-order valence-corrected chi connectivity index (χ4v) is 2.90. The van der Waals surface area contributed by atoms with Gasteiger partial charge in [-0.2, -0.15) is 5.10 Å². The van der Waals surface area contributed by atoms with Crippen molar-refractivity contribution in [1.82, 2.24) is 24.7 Å². The molecule has 0 radical (unpaired) electrons. The van der Waals surface area contributed by atoms with Crippen LogP contribution in [0.15, 0.2) is 35.4 Å². The number of fused-ring (bicyclic) bond motifs is 2. The number of aromatic nitrogens is 5. The lowest BCUT2D eigenvalue weighted by molar-refractivity contribution is 0.0600. The molecular weight excluding hydrogens is 334 g/mol. The van der Waals surface area contributed by atoms with Gasteiger partial charge in [-0.1, -0.05) is 13.8 Å².